The molecule has 164 valence electrons. The number of amides is 1. The van der Waals surface area contributed by atoms with Crippen molar-refractivity contribution in [2.45, 2.75) is 13.0 Å². The van der Waals surface area contributed by atoms with Crippen LogP contribution in [0.1, 0.15) is 13.0 Å². The van der Waals surface area contributed by atoms with Crippen LogP contribution in [0.2, 0.25) is 5.02 Å². The van der Waals surface area contributed by atoms with Crippen molar-refractivity contribution in [3.8, 4) is 0 Å². The summed E-state index contributed by atoms with van der Waals surface area (Å²) in [5.41, 5.74) is 2.24. The van der Waals surface area contributed by atoms with Crippen molar-refractivity contribution in [2.75, 3.05) is 31.1 Å². The van der Waals surface area contributed by atoms with Crippen LogP contribution >= 0.6 is 11.6 Å². The quantitative estimate of drug-likeness (QED) is 0.480. The summed E-state index contributed by atoms with van der Waals surface area (Å²) in [5.74, 6) is 0.0114. The molecule has 0 bridgehead atoms. The molecule has 1 aliphatic rings. The lowest BCUT2D eigenvalue weighted by Crippen LogP contribution is -2.50. The van der Waals surface area contributed by atoms with Crippen molar-refractivity contribution < 1.29 is 4.79 Å². The Morgan fingerprint density at radius 2 is 1.78 bits per heavy atom. The first kappa shape index (κ1) is 20.6. The third-order valence-electron chi connectivity index (χ3n) is 6.32. The second kappa shape index (κ2) is 7.98. The fourth-order valence-corrected chi connectivity index (χ4v) is 4.81. The van der Waals surface area contributed by atoms with Gasteiger partial charge in [-0.3, -0.25) is 9.59 Å². The second-order valence-electron chi connectivity index (χ2n) is 8.19. The summed E-state index contributed by atoms with van der Waals surface area (Å²) < 4.78 is 3.19. The molecule has 1 aliphatic heterocycles. The van der Waals surface area contributed by atoms with E-state index in [0.717, 1.165) is 35.1 Å². The summed E-state index contributed by atoms with van der Waals surface area (Å²) in [7, 11) is 1.63. The summed E-state index contributed by atoms with van der Waals surface area (Å²) in [4.78, 5) is 30.6. The summed E-state index contributed by atoms with van der Waals surface area (Å²) in [6.07, 6.45) is 1.70. The Hall–Kier alpha value is -3.32. The highest BCUT2D eigenvalue weighted by Gasteiger charge is 2.29. The molecule has 2 aromatic heterocycles. The summed E-state index contributed by atoms with van der Waals surface area (Å²) in [6, 6.07) is 15.1. The number of aromatic nitrogens is 3. The van der Waals surface area contributed by atoms with Gasteiger partial charge in [0.2, 0.25) is 5.91 Å². The van der Waals surface area contributed by atoms with Crippen LogP contribution in [0.25, 0.3) is 21.8 Å². The minimum absolute atomic E-state index is 0.0114. The predicted molar refractivity (Wildman–Crippen MR) is 127 cm³/mol. The maximum atomic E-state index is 13.5. The van der Waals surface area contributed by atoms with E-state index in [1.807, 2.05) is 64.9 Å². The molecule has 0 aliphatic carbocycles. The zero-order chi connectivity index (χ0) is 22.4. The maximum absolute atomic E-state index is 13.5. The third-order valence-corrected chi connectivity index (χ3v) is 6.55. The summed E-state index contributed by atoms with van der Waals surface area (Å²) in [5, 5.41) is 6.59. The Morgan fingerprint density at radius 1 is 1.03 bits per heavy atom. The number of halogens is 1. The molecule has 0 N–H and O–H groups in total. The van der Waals surface area contributed by atoms with Gasteiger partial charge in [-0.05, 0) is 31.2 Å². The Morgan fingerprint density at radius 3 is 2.53 bits per heavy atom. The second-order valence-corrected chi connectivity index (χ2v) is 8.63. The average Bonchev–Trinajstić information content (AvgIpc) is 3.15. The molecule has 0 spiro atoms. The van der Waals surface area contributed by atoms with E-state index in [2.05, 4.69) is 10.00 Å². The van der Waals surface area contributed by atoms with E-state index in [4.69, 9.17) is 11.6 Å². The van der Waals surface area contributed by atoms with Crippen molar-refractivity contribution in [3.63, 3.8) is 0 Å². The molecule has 8 heteroatoms. The maximum Gasteiger partial charge on any atom is 0.291 e. The molecule has 1 saturated heterocycles. The SMILES string of the molecule is C[C@@H](C(=O)N1CCN(c2cccc(Cl)c2)CC1)n1c2ccccc2c2cnn(C)c(=O)c21. The van der Waals surface area contributed by atoms with E-state index in [1.165, 1.54) is 4.68 Å². The first-order valence-corrected chi connectivity index (χ1v) is 11.1. The molecule has 7 nitrogen and oxygen atoms in total. The van der Waals surface area contributed by atoms with E-state index in [0.29, 0.717) is 23.6 Å². The number of carbonyl (C=O) groups is 1. The molecule has 2 aromatic carbocycles. The third kappa shape index (κ3) is 3.33. The smallest absolute Gasteiger partial charge is 0.291 e. The molecular weight excluding hydrogens is 426 g/mol. The largest absolute Gasteiger partial charge is 0.368 e. The number of hydrogen-bond donors (Lipinski definition) is 0. The van der Waals surface area contributed by atoms with Crippen LogP contribution in [0.3, 0.4) is 0 Å². The fourth-order valence-electron chi connectivity index (χ4n) is 4.62. The van der Waals surface area contributed by atoms with Gasteiger partial charge in [-0.25, -0.2) is 4.68 Å². The zero-order valence-corrected chi connectivity index (χ0v) is 18.8. The minimum Gasteiger partial charge on any atom is -0.368 e. The molecule has 4 aromatic rings. The van der Waals surface area contributed by atoms with Gasteiger partial charge >= 0.3 is 0 Å². The topological polar surface area (TPSA) is 63.4 Å². The van der Waals surface area contributed by atoms with Gasteiger partial charge < -0.3 is 14.4 Å². The zero-order valence-electron chi connectivity index (χ0n) is 18.0. The lowest BCUT2D eigenvalue weighted by molar-refractivity contribution is -0.134. The van der Waals surface area contributed by atoms with Gasteiger partial charge in [0.05, 0.1) is 11.7 Å². The Labute approximate surface area is 190 Å². The molecule has 3 heterocycles. The van der Waals surface area contributed by atoms with Gasteiger partial charge in [0.25, 0.3) is 5.56 Å². The lowest BCUT2D eigenvalue weighted by Gasteiger charge is -2.37. The summed E-state index contributed by atoms with van der Waals surface area (Å²) >= 11 is 6.14. The number of fused-ring (bicyclic) bond motifs is 3. The van der Waals surface area contributed by atoms with Crippen molar-refractivity contribution in [3.05, 3.63) is 70.1 Å². The van der Waals surface area contributed by atoms with Gasteiger partial charge in [0.1, 0.15) is 11.6 Å². The fraction of sp³-hybridized carbons (Fsp3) is 0.292. The first-order valence-electron chi connectivity index (χ1n) is 10.7. The first-order chi connectivity index (χ1) is 15.5. The highest BCUT2D eigenvalue weighted by atomic mass is 35.5. The van der Waals surface area contributed by atoms with Crippen molar-refractivity contribution in [2.24, 2.45) is 7.05 Å². The molecule has 32 heavy (non-hydrogen) atoms. The van der Waals surface area contributed by atoms with Gasteiger partial charge in [-0.2, -0.15) is 5.10 Å². The highest BCUT2D eigenvalue weighted by molar-refractivity contribution is 6.30. The molecule has 1 atom stereocenters. The predicted octanol–water partition coefficient (Wildman–Crippen LogP) is 3.45. The van der Waals surface area contributed by atoms with E-state index < -0.39 is 6.04 Å². The number of aryl methyl sites for hydroxylation is 1. The monoisotopic (exact) mass is 449 g/mol. The van der Waals surface area contributed by atoms with Crippen LogP contribution in [0.5, 0.6) is 0 Å². The van der Waals surface area contributed by atoms with Gasteiger partial charge in [0, 0.05) is 54.7 Å². The number of anilines is 1. The van der Waals surface area contributed by atoms with Crippen LogP contribution < -0.4 is 10.5 Å². The van der Waals surface area contributed by atoms with E-state index in [9.17, 15) is 9.59 Å². The van der Waals surface area contributed by atoms with Crippen LogP contribution in [0.4, 0.5) is 5.69 Å². The number of carbonyl (C=O) groups excluding carboxylic acids is 1. The Balaban J connectivity index is 1.46. The summed E-state index contributed by atoms with van der Waals surface area (Å²) in [6.45, 7) is 4.57. The average molecular weight is 450 g/mol. The van der Waals surface area contributed by atoms with E-state index >= 15 is 0 Å². The molecular formula is C24H24ClN5O2. The van der Waals surface area contributed by atoms with Crippen LogP contribution in [-0.4, -0.2) is 51.3 Å². The Kier molecular flexibility index (Phi) is 5.13. The number of para-hydroxylation sites is 1. The lowest BCUT2D eigenvalue weighted by atomic mass is 10.2. The van der Waals surface area contributed by atoms with E-state index in [1.54, 1.807) is 13.2 Å². The minimum atomic E-state index is -0.509. The molecule has 1 amide bonds. The number of hydrogen-bond acceptors (Lipinski definition) is 4. The molecule has 1 fully saturated rings. The molecule has 0 radical (unpaired) electrons. The number of rotatable bonds is 3. The van der Waals surface area contributed by atoms with Crippen molar-refractivity contribution in [1.82, 2.24) is 19.2 Å². The number of piperazine rings is 1. The number of benzene rings is 2. The van der Waals surface area contributed by atoms with Crippen LogP contribution in [0.15, 0.2) is 59.5 Å². The highest BCUT2D eigenvalue weighted by Crippen LogP contribution is 2.30. The van der Waals surface area contributed by atoms with E-state index in [-0.39, 0.29) is 11.5 Å². The van der Waals surface area contributed by atoms with Crippen LogP contribution in [0, 0.1) is 0 Å². The van der Waals surface area contributed by atoms with Crippen molar-refractivity contribution >= 4 is 45.0 Å². The Bertz CT molecular complexity index is 1380. The van der Waals surface area contributed by atoms with Crippen molar-refractivity contribution in [1.29, 1.82) is 0 Å². The van der Waals surface area contributed by atoms with Gasteiger partial charge in [-0.15, -0.1) is 0 Å². The molecule has 0 saturated carbocycles. The van der Waals surface area contributed by atoms with Crippen LogP contribution in [-0.2, 0) is 11.8 Å². The number of nitrogens with zero attached hydrogens (tertiary/aromatic N) is 5. The van der Waals surface area contributed by atoms with Gasteiger partial charge in [-0.1, -0.05) is 35.9 Å². The molecule has 0 unspecified atom stereocenters. The van der Waals surface area contributed by atoms with Gasteiger partial charge in [0.15, 0.2) is 0 Å². The molecule has 5 rings (SSSR count). The normalized spacial score (nSPS) is 15.5. The standard InChI is InChI=1S/C24H24ClN5O2/c1-16(23(31)29-12-10-28(11-13-29)18-7-5-6-17(25)14-18)30-21-9-4-3-8-19(21)20-15-26-27(2)24(32)22(20)30/h3-9,14-16H,10-13H2,1-2H3/t16-/m0/s1.